The van der Waals surface area contributed by atoms with E-state index in [1.165, 1.54) is 74.0 Å². The van der Waals surface area contributed by atoms with E-state index in [4.69, 9.17) is 24.1 Å². The molecule has 1 aliphatic rings. The Hall–Kier alpha value is -11.4. The van der Waals surface area contributed by atoms with E-state index in [9.17, 15) is 22.8 Å². The zero-order valence-corrected chi connectivity index (χ0v) is 93.8. The van der Waals surface area contributed by atoms with Crippen molar-refractivity contribution < 1.29 is 46.8 Å². The average molecular weight is 1960 g/mol. The number of halogens is 3. The first kappa shape index (κ1) is 125. The number of amides is 2. The number of carbonyl (C=O) groups is 2. The van der Waals surface area contributed by atoms with Gasteiger partial charge in [-0.05, 0) is 268 Å². The first-order valence-electron chi connectivity index (χ1n) is 51.7. The summed E-state index contributed by atoms with van der Waals surface area (Å²) in [5, 5.41) is 33.1. The van der Waals surface area contributed by atoms with Gasteiger partial charge in [-0.2, -0.15) is 20.4 Å². The highest BCUT2D eigenvalue weighted by Gasteiger charge is 2.21. The van der Waals surface area contributed by atoms with Crippen LogP contribution in [0.1, 0.15) is 412 Å². The molecule has 0 bridgehead atoms. The van der Waals surface area contributed by atoms with Crippen molar-refractivity contribution in [1.29, 1.82) is 0 Å². The number of aromatic nitrogens is 8. The molecule has 0 saturated carbocycles. The number of ether oxygens (including phenoxy) is 4. The van der Waals surface area contributed by atoms with Gasteiger partial charge in [-0.25, -0.2) is 13.2 Å². The first-order valence-corrected chi connectivity index (χ1v) is 51.7. The number of fused-ring (bicyclic) bond motifs is 2. The normalized spacial score (nSPS) is 11.5. The SMILES string of the molecule is CC(C)CCn1cc(C(C)C)cn1.CC(C)Cn1cc(C(C)C)cn1.CC(C)NC(=O)c1ccc(C(C)C)cc1F.CC(C)c1cc(O)cc(F)c1.CC(C)c1ccc2c(c1)OCCCO2.CC(C)c1cccc2nn(C)cc12.CC(C)c1ccccc1C(C)(C)C.CCCNC(=O)c1cccc(C(C)C)c1.CCCn1cc(C(C)C)cn1.COc1cc(OC)cc(C(C)C)c1.Cc1ccc(C(C)C)cc1F. The molecule has 8 aromatic carbocycles. The fourth-order valence-corrected chi connectivity index (χ4v) is 14.1. The van der Waals surface area contributed by atoms with Crippen molar-refractivity contribution in [2.24, 2.45) is 18.9 Å². The average Bonchev–Trinajstić information content (AvgIpc) is 1.76. The number of rotatable bonds is 25. The molecule has 12 aromatic rings. The Balaban J connectivity index is 0.000000402. The molecule has 0 spiro atoms. The summed E-state index contributed by atoms with van der Waals surface area (Å²) in [4.78, 5) is 23.3. The standard InChI is InChI=1S/C13H18FNO.C13H19NO.C13H20.C12H16O2.C11H14N2.C11H20N2.C11H16O2.C10H13F.C10H18N2.C9H11FO.C9H16N2/c1-8(2)10-5-6-11(12(14)7-10)13(16)15-9(3)4;1-4-8-14-13(15)12-7-5-6-11(9-12)10(2)3;1-10(2)11-8-6-7-9-12(11)13(3,4)5;1-9(2)10-4-5-11-12(8-10)14-7-3-6-13-11;1-8(2)9-5-4-6-11-10(9)7-13(3)12-11;1-9(2)5-6-13-8-11(7-12-13)10(3)4;1-8(2)9-5-10(12-3)7-11(6-9)13-4;1-7(2)9-5-4-8(3)10(11)6-9;1-8(2)6-12-7-10(5-11-12)9(3)4;1-6(2)7-3-8(10)5-9(11)4-7;1-4-5-11-7-9(6-10-11)8(2)3/h5-9H,1-4H3,(H,15,16);5-7,9-10H,4,8H2,1-3H3,(H,14,15);6-10H,1-5H3;4-5,8-9H,3,6-7H2,1-2H3;4-8H,1-3H3;7-10H,5-6H2,1-4H3;5-8H,1-4H3;4-7H,1-3H3;5,7-9H,6H2,1-4H3;3-6,11H,1-2H3;6-8H,4-5H2,1-3H3. The van der Waals surface area contributed by atoms with E-state index in [2.05, 4.69) is 301 Å². The van der Waals surface area contributed by atoms with Crippen LogP contribution in [0, 0.1) is 36.2 Å². The number of aryl methyl sites for hydroxylation is 4. The predicted octanol–water partition coefficient (Wildman–Crippen LogP) is 32.7. The Labute approximate surface area is 855 Å². The van der Waals surface area contributed by atoms with Crippen LogP contribution in [0.5, 0.6) is 28.7 Å². The van der Waals surface area contributed by atoms with E-state index in [1.807, 2.05) is 143 Å². The van der Waals surface area contributed by atoms with Gasteiger partial charge in [-0.15, -0.1) is 0 Å². The zero-order chi connectivity index (χ0) is 107. The van der Waals surface area contributed by atoms with E-state index in [0.717, 1.165) is 127 Å². The minimum Gasteiger partial charge on any atom is -0.508 e. The van der Waals surface area contributed by atoms with E-state index >= 15 is 0 Å². The highest BCUT2D eigenvalue weighted by Crippen LogP contribution is 2.35. The molecule has 3 N–H and O–H groups in total. The van der Waals surface area contributed by atoms with Gasteiger partial charge in [0.1, 0.15) is 34.7 Å². The van der Waals surface area contributed by atoms with Crippen LogP contribution in [0.3, 0.4) is 0 Å². The van der Waals surface area contributed by atoms with Gasteiger partial charge in [-0.1, -0.05) is 287 Å². The molecule has 0 aliphatic carbocycles. The number of nitrogens with zero attached hydrogens (tertiary/aromatic N) is 8. The molecule has 20 heteroatoms. The summed E-state index contributed by atoms with van der Waals surface area (Å²) in [6.45, 7) is 77.7. The number of phenolic OH excluding ortho intramolecular Hbond substituents is 1. The molecule has 5 heterocycles. The first-order chi connectivity index (χ1) is 66.7. The number of hydrogen-bond acceptors (Lipinski definition) is 11. The second-order valence-corrected chi connectivity index (χ2v) is 42.2. The topological polar surface area (TPSA) is 187 Å². The molecule has 4 aromatic heterocycles. The van der Waals surface area contributed by atoms with Crippen molar-refractivity contribution in [3.63, 3.8) is 0 Å². The predicted molar refractivity (Wildman–Crippen MR) is 591 cm³/mol. The molecule has 17 nitrogen and oxygen atoms in total. The van der Waals surface area contributed by atoms with E-state index in [-0.39, 0.29) is 58.1 Å². The fraction of sp³-hybridized carbons (Fsp3) is 0.508. The van der Waals surface area contributed by atoms with Gasteiger partial charge in [0.05, 0.1) is 57.1 Å². The Morgan fingerprint density at radius 3 is 1.37 bits per heavy atom. The van der Waals surface area contributed by atoms with Crippen molar-refractivity contribution in [2.75, 3.05) is 34.0 Å². The second kappa shape index (κ2) is 64.3. The van der Waals surface area contributed by atoms with Crippen molar-refractivity contribution >= 4 is 22.7 Å². The van der Waals surface area contributed by atoms with Crippen LogP contribution in [-0.4, -0.2) is 96.1 Å². The maximum absolute atomic E-state index is 13.7. The quantitative estimate of drug-likeness (QED) is 0.0494. The van der Waals surface area contributed by atoms with Gasteiger partial charge in [-0.3, -0.25) is 28.3 Å². The molecule has 1 aliphatic heterocycles. The van der Waals surface area contributed by atoms with Gasteiger partial charge in [0.25, 0.3) is 11.8 Å². The molecule has 782 valence electrons. The number of benzene rings is 8. The Kier molecular flexibility index (Phi) is 56.5. The molecular formula is C122H181F3N10O7. The maximum Gasteiger partial charge on any atom is 0.254 e. The lowest BCUT2D eigenvalue weighted by atomic mass is 9.81. The number of phenols is 1. The number of carbonyl (C=O) groups excluding carboxylic acids is 2. The van der Waals surface area contributed by atoms with Crippen molar-refractivity contribution in [3.8, 4) is 28.7 Å². The summed E-state index contributed by atoms with van der Waals surface area (Å²) < 4.78 is 68.7. The van der Waals surface area contributed by atoms with Crippen LogP contribution < -0.4 is 29.6 Å². The number of hydrogen-bond donors (Lipinski definition) is 3. The van der Waals surface area contributed by atoms with E-state index < -0.39 is 5.82 Å². The lowest BCUT2D eigenvalue weighted by Gasteiger charge is -2.24. The lowest BCUT2D eigenvalue weighted by molar-refractivity contribution is 0.0935. The zero-order valence-electron chi connectivity index (χ0n) is 93.8. The molecule has 0 fully saturated rings. The van der Waals surface area contributed by atoms with Gasteiger partial charge >= 0.3 is 0 Å². The molecule has 0 atom stereocenters. The summed E-state index contributed by atoms with van der Waals surface area (Å²) >= 11 is 0. The summed E-state index contributed by atoms with van der Waals surface area (Å²) in [6, 6.07) is 49.3. The van der Waals surface area contributed by atoms with Crippen LogP contribution in [-0.2, 0) is 32.1 Å². The number of methoxy groups -OCH3 is 2. The molecule has 0 radical (unpaired) electrons. The third-order valence-corrected chi connectivity index (χ3v) is 23.2. The van der Waals surface area contributed by atoms with Crippen LogP contribution in [0.2, 0.25) is 0 Å². The summed E-state index contributed by atoms with van der Waals surface area (Å²) in [6.07, 6.45) is 18.7. The highest BCUT2D eigenvalue weighted by molar-refractivity contribution is 5.95. The van der Waals surface area contributed by atoms with Gasteiger partial charge in [0.15, 0.2) is 11.5 Å². The monoisotopic (exact) mass is 1960 g/mol. The maximum atomic E-state index is 13.7. The largest absolute Gasteiger partial charge is 0.508 e. The van der Waals surface area contributed by atoms with E-state index in [1.54, 1.807) is 45.4 Å². The third kappa shape index (κ3) is 46.8. The van der Waals surface area contributed by atoms with Crippen molar-refractivity contribution in [1.82, 2.24) is 49.8 Å². The van der Waals surface area contributed by atoms with Gasteiger partial charge < -0.3 is 34.7 Å². The molecule has 0 unspecified atom stereocenters. The van der Waals surface area contributed by atoms with Crippen LogP contribution in [0.4, 0.5) is 13.2 Å². The fourth-order valence-electron chi connectivity index (χ4n) is 14.1. The van der Waals surface area contributed by atoms with Crippen molar-refractivity contribution in [2.45, 2.75) is 357 Å². The second-order valence-electron chi connectivity index (χ2n) is 42.2. The molecule has 13 rings (SSSR count). The van der Waals surface area contributed by atoms with Crippen LogP contribution in [0.15, 0.2) is 201 Å². The van der Waals surface area contributed by atoms with Crippen molar-refractivity contribution in [3.05, 3.63) is 302 Å². The Morgan fingerprint density at radius 1 is 0.444 bits per heavy atom. The smallest absolute Gasteiger partial charge is 0.254 e. The lowest BCUT2D eigenvalue weighted by Crippen LogP contribution is -2.30. The number of aromatic hydroxyl groups is 1. The highest BCUT2D eigenvalue weighted by atomic mass is 19.1. The summed E-state index contributed by atoms with van der Waals surface area (Å²) in [5.41, 5.74) is 17.8. The summed E-state index contributed by atoms with van der Waals surface area (Å²) in [7, 11) is 5.29. The van der Waals surface area contributed by atoms with Gasteiger partial charge in [0, 0.05) is 93.6 Å². The molecular weight excluding hydrogens is 1770 g/mol. The summed E-state index contributed by atoms with van der Waals surface area (Å²) in [5.74, 6) is 8.99. The Bertz CT molecular complexity index is 5540. The molecule has 0 saturated heterocycles. The van der Waals surface area contributed by atoms with E-state index in [0.29, 0.717) is 59.2 Å². The minimum atomic E-state index is -0.454. The van der Waals surface area contributed by atoms with Gasteiger partial charge in [0.2, 0.25) is 0 Å². The van der Waals surface area contributed by atoms with Crippen LogP contribution in [0.25, 0.3) is 10.9 Å². The minimum absolute atomic E-state index is 0.00583. The molecule has 142 heavy (non-hydrogen) atoms. The van der Waals surface area contributed by atoms with Crippen LogP contribution >= 0.6 is 0 Å². The third-order valence-electron chi connectivity index (χ3n) is 23.2. The molecule has 2 amide bonds. The number of nitrogens with one attached hydrogen (secondary N) is 2. The Morgan fingerprint density at radius 2 is 0.908 bits per heavy atom.